The van der Waals surface area contributed by atoms with Gasteiger partial charge in [0, 0.05) is 37.6 Å². The number of cyclic esters (lactones) is 1. The monoisotopic (exact) mass is 537 g/mol. The first-order valence-electron chi connectivity index (χ1n) is 14.1. The average Bonchev–Trinajstić information content (AvgIpc) is 3.24. The van der Waals surface area contributed by atoms with Crippen molar-refractivity contribution in [2.24, 2.45) is 11.8 Å². The lowest BCUT2D eigenvalue weighted by atomic mass is 9.74. The number of esters is 1. The maximum absolute atomic E-state index is 14.3. The summed E-state index contributed by atoms with van der Waals surface area (Å²) >= 11 is 0. The molecular formula is C30H39N3O6. The van der Waals surface area contributed by atoms with E-state index in [1.54, 1.807) is 17.9 Å². The van der Waals surface area contributed by atoms with Gasteiger partial charge >= 0.3 is 5.97 Å². The maximum Gasteiger partial charge on any atom is 0.313 e. The summed E-state index contributed by atoms with van der Waals surface area (Å²) in [4.78, 5) is 47.1. The Morgan fingerprint density at radius 2 is 1.74 bits per heavy atom. The van der Waals surface area contributed by atoms with Crippen LogP contribution < -0.4 is 9.80 Å². The van der Waals surface area contributed by atoms with Gasteiger partial charge in [0.2, 0.25) is 5.91 Å². The van der Waals surface area contributed by atoms with Crippen LogP contribution in [0.2, 0.25) is 0 Å². The summed E-state index contributed by atoms with van der Waals surface area (Å²) in [5.41, 5.74) is -0.712. The lowest BCUT2D eigenvalue weighted by Gasteiger charge is -2.37. The molecule has 4 heterocycles. The Kier molecular flexibility index (Phi) is 7.57. The second-order valence-electron chi connectivity index (χ2n) is 10.9. The third-order valence-electron chi connectivity index (χ3n) is 8.63. The molecule has 2 amide bonds. The average molecular weight is 538 g/mol. The van der Waals surface area contributed by atoms with Crippen molar-refractivity contribution in [3.05, 3.63) is 48.6 Å². The van der Waals surface area contributed by atoms with Crippen LogP contribution in [0, 0.1) is 11.8 Å². The fourth-order valence-corrected chi connectivity index (χ4v) is 6.81. The standard InChI is InChI=1S/C30H39N3O6/c1-4-31(5-2)21-11-13-22(14-12-21)32-17-10-16-30-23(26(35)33(18-19-34)25(30)27(32)36)24-28(37)38-20-9-7-6-8-15-29(24,3)39-30/h8,10-16,23-25,34H,4-7,9,17-20H2,1-3H3/b15-8-/t23-,24+,25?,29-,30-/m0/s1. The van der Waals surface area contributed by atoms with E-state index in [1.165, 1.54) is 4.90 Å². The fourth-order valence-electron chi connectivity index (χ4n) is 6.81. The Hall–Kier alpha value is -3.17. The van der Waals surface area contributed by atoms with Gasteiger partial charge in [0.15, 0.2) is 0 Å². The number of aliphatic hydroxyl groups excluding tert-OH is 1. The molecule has 9 heteroatoms. The summed E-state index contributed by atoms with van der Waals surface area (Å²) in [6.07, 6.45) is 9.95. The number of likely N-dealkylation sites (tertiary alicyclic amines) is 1. The highest BCUT2D eigenvalue weighted by molar-refractivity contribution is 6.05. The molecule has 4 aliphatic rings. The van der Waals surface area contributed by atoms with E-state index in [-0.39, 0.29) is 31.6 Å². The molecule has 0 saturated carbocycles. The van der Waals surface area contributed by atoms with Gasteiger partial charge < -0.3 is 29.3 Å². The van der Waals surface area contributed by atoms with Crippen LogP contribution >= 0.6 is 0 Å². The minimum atomic E-state index is -1.37. The van der Waals surface area contributed by atoms with Crippen molar-refractivity contribution in [2.75, 3.05) is 49.2 Å². The van der Waals surface area contributed by atoms with Gasteiger partial charge in [-0.1, -0.05) is 24.3 Å². The summed E-state index contributed by atoms with van der Waals surface area (Å²) in [6.45, 7) is 7.98. The number of allylic oxidation sites excluding steroid dienone is 1. The number of carbonyl (C=O) groups excluding carboxylic acids is 3. The largest absolute Gasteiger partial charge is 0.465 e. The molecule has 2 saturated heterocycles. The number of rotatable bonds is 6. The number of amides is 2. The number of benzene rings is 1. The molecule has 4 aliphatic heterocycles. The quantitative estimate of drug-likeness (QED) is 0.440. The lowest BCUT2D eigenvalue weighted by molar-refractivity contribution is -0.158. The van der Waals surface area contributed by atoms with Crippen molar-refractivity contribution in [2.45, 2.75) is 57.3 Å². The van der Waals surface area contributed by atoms with E-state index in [0.29, 0.717) is 12.2 Å². The van der Waals surface area contributed by atoms with Gasteiger partial charge in [-0.2, -0.15) is 0 Å². The highest BCUT2D eigenvalue weighted by Gasteiger charge is 2.74. The van der Waals surface area contributed by atoms with Crippen molar-refractivity contribution < 1.29 is 29.0 Å². The SMILES string of the molecule is CCN(CC)c1ccc(N2CC=C[C@]34O[C@@]5(C)/C=C\CCCCOC(=O)[C@H]5[C@H]3C(=O)N(CCO)C4C2=O)cc1. The number of anilines is 2. The van der Waals surface area contributed by atoms with Crippen LogP contribution in [0.1, 0.15) is 40.0 Å². The zero-order chi connectivity index (χ0) is 27.8. The predicted octanol–water partition coefficient (Wildman–Crippen LogP) is 2.68. The van der Waals surface area contributed by atoms with Gasteiger partial charge in [-0.05, 0) is 64.3 Å². The summed E-state index contributed by atoms with van der Waals surface area (Å²) < 4.78 is 12.4. The molecule has 0 aromatic heterocycles. The molecule has 2 fully saturated rings. The van der Waals surface area contributed by atoms with E-state index < -0.39 is 35.0 Å². The maximum atomic E-state index is 14.3. The molecular weight excluding hydrogens is 498 g/mol. The molecule has 1 aromatic carbocycles. The summed E-state index contributed by atoms with van der Waals surface area (Å²) in [5.74, 6) is -3.02. The first-order chi connectivity index (χ1) is 18.8. The second-order valence-corrected chi connectivity index (χ2v) is 10.9. The third-order valence-corrected chi connectivity index (χ3v) is 8.63. The van der Waals surface area contributed by atoms with Crippen molar-refractivity contribution >= 4 is 29.2 Å². The number of carbonyl (C=O) groups is 3. The van der Waals surface area contributed by atoms with Gasteiger partial charge in [-0.3, -0.25) is 14.4 Å². The number of nitrogens with zero attached hydrogens (tertiary/aromatic N) is 3. The van der Waals surface area contributed by atoms with E-state index >= 15 is 0 Å². The number of hydrogen-bond donors (Lipinski definition) is 1. The van der Waals surface area contributed by atoms with E-state index in [0.717, 1.165) is 38.0 Å². The van der Waals surface area contributed by atoms with Crippen LogP contribution in [0.3, 0.4) is 0 Å². The molecule has 1 unspecified atom stereocenters. The number of fused-ring (bicyclic) bond motifs is 2. The summed E-state index contributed by atoms with van der Waals surface area (Å²) in [6, 6.07) is 6.80. The van der Waals surface area contributed by atoms with Crippen LogP contribution in [0.4, 0.5) is 11.4 Å². The Bertz CT molecular complexity index is 1160. The molecule has 1 aromatic rings. The molecule has 5 rings (SSSR count). The van der Waals surface area contributed by atoms with Gasteiger partial charge in [0.25, 0.3) is 5.91 Å². The molecule has 5 atom stereocenters. The predicted molar refractivity (Wildman–Crippen MR) is 147 cm³/mol. The van der Waals surface area contributed by atoms with E-state index in [4.69, 9.17) is 9.47 Å². The Morgan fingerprint density at radius 1 is 1.00 bits per heavy atom. The molecule has 0 aliphatic carbocycles. The highest BCUT2D eigenvalue weighted by atomic mass is 16.6. The first-order valence-corrected chi connectivity index (χ1v) is 14.1. The van der Waals surface area contributed by atoms with Crippen molar-refractivity contribution in [1.29, 1.82) is 0 Å². The number of ether oxygens (including phenoxy) is 2. The smallest absolute Gasteiger partial charge is 0.313 e. The molecule has 0 bridgehead atoms. The Labute approximate surface area is 230 Å². The topological polar surface area (TPSA) is 99.6 Å². The minimum Gasteiger partial charge on any atom is -0.465 e. The number of aliphatic hydroxyl groups is 1. The molecule has 9 nitrogen and oxygen atoms in total. The molecule has 1 spiro atoms. The zero-order valence-corrected chi connectivity index (χ0v) is 23.0. The van der Waals surface area contributed by atoms with Crippen molar-refractivity contribution in [3.8, 4) is 0 Å². The zero-order valence-electron chi connectivity index (χ0n) is 23.0. The van der Waals surface area contributed by atoms with E-state index in [9.17, 15) is 19.5 Å². The number of β-amino-alcohol motifs (C(OH)–C–C–N with tert-alkyl or cyclic N) is 1. The summed E-state index contributed by atoms with van der Waals surface area (Å²) in [5, 5.41) is 9.87. The van der Waals surface area contributed by atoms with Crippen LogP contribution in [-0.2, 0) is 23.9 Å². The summed E-state index contributed by atoms with van der Waals surface area (Å²) in [7, 11) is 0. The molecule has 1 N–H and O–H groups in total. The lowest BCUT2D eigenvalue weighted by Crippen LogP contribution is -2.56. The normalized spacial score (nSPS) is 33.2. The van der Waals surface area contributed by atoms with Gasteiger partial charge in [0.1, 0.15) is 17.6 Å². The fraction of sp³-hybridized carbons (Fsp3) is 0.567. The van der Waals surface area contributed by atoms with Gasteiger partial charge in [-0.15, -0.1) is 0 Å². The first kappa shape index (κ1) is 27.4. The Morgan fingerprint density at radius 3 is 2.44 bits per heavy atom. The van der Waals surface area contributed by atoms with E-state index in [2.05, 4.69) is 18.7 Å². The van der Waals surface area contributed by atoms with Gasteiger partial charge in [0.05, 0.1) is 24.7 Å². The number of hydrogen-bond acceptors (Lipinski definition) is 7. The molecule has 210 valence electrons. The van der Waals surface area contributed by atoms with E-state index in [1.807, 2.05) is 42.5 Å². The molecule has 0 radical (unpaired) electrons. The van der Waals surface area contributed by atoms with Gasteiger partial charge in [-0.25, -0.2) is 0 Å². The Balaban J connectivity index is 1.57. The third kappa shape index (κ3) is 4.45. The second kappa shape index (κ2) is 10.8. The van der Waals surface area contributed by atoms with Crippen LogP contribution in [-0.4, -0.2) is 84.4 Å². The van der Waals surface area contributed by atoms with Crippen LogP contribution in [0.5, 0.6) is 0 Å². The minimum absolute atomic E-state index is 0.0340. The highest BCUT2D eigenvalue weighted by Crippen LogP contribution is 2.57. The van der Waals surface area contributed by atoms with Crippen molar-refractivity contribution in [1.82, 2.24) is 4.90 Å². The molecule has 39 heavy (non-hydrogen) atoms. The van der Waals surface area contributed by atoms with Crippen molar-refractivity contribution in [3.63, 3.8) is 0 Å². The van der Waals surface area contributed by atoms with Crippen LogP contribution in [0.15, 0.2) is 48.6 Å². The van der Waals surface area contributed by atoms with Crippen LogP contribution in [0.25, 0.3) is 0 Å².